The van der Waals surface area contributed by atoms with Crippen LogP contribution in [0.3, 0.4) is 0 Å². The molecule has 0 aliphatic carbocycles. The number of halogens is 2. The fraction of sp³-hybridized carbons (Fsp3) is 0.118. The molecule has 0 saturated heterocycles. The number of rotatable bonds is 2. The summed E-state index contributed by atoms with van der Waals surface area (Å²) < 4.78 is 27.5. The lowest BCUT2D eigenvalue weighted by molar-refractivity contribution is 0.204. The topological polar surface area (TPSA) is 33.1 Å². The molecule has 1 aromatic heterocycles. The predicted molar refractivity (Wildman–Crippen MR) is 76.9 cm³/mol. The van der Waals surface area contributed by atoms with Gasteiger partial charge in [0.25, 0.3) is 0 Å². The molecule has 0 spiro atoms. The van der Waals surface area contributed by atoms with Gasteiger partial charge in [0.15, 0.2) is 0 Å². The van der Waals surface area contributed by atoms with E-state index < -0.39 is 17.7 Å². The quantitative estimate of drug-likeness (QED) is 0.774. The summed E-state index contributed by atoms with van der Waals surface area (Å²) in [6, 6.07) is 12.6. The molecule has 4 heteroatoms. The van der Waals surface area contributed by atoms with Gasteiger partial charge in [0, 0.05) is 5.39 Å². The average Bonchev–Trinajstić information content (AvgIpc) is 2.47. The highest BCUT2D eigenvalue weighted by Gasteiger charge is 2.21. The second-order valence-corrected chi connectivity index (χ2v) is 4.92. The van der Waals surface area contributed by atoms with Crippen molar-refractivity contribution >= 4 is 10.9 Å². The van der Waals surface area contributed by atoms with E-state index in [1.165, 1.54) is 6.07 Å². The zero-order valence-corrected chi connectivity index (χ0v) is 11.3. The normalized spacial score (nSPS) is 12.6. The van der Waals surface area contributed by atoms with E-state index in [1.807, 2.05) is 25.1 Å². The van der Waals surface area contributed by atoms with E-state index in [0.29, 0.717) is 5.52 Å². The molecule has 2 nitrogen and oxygen atoms in total. The van der Waals surface area contributed by atoms with E-state index in [2.05, 4.69) is 4.98 Å². The number of benzene rings is 2. The Labute approximate surface area is 120 Å². The first-order valence-corrected chi connectivity index (χ1v) is 6.56. The number of pyridine rings is 1. The Kier molecular flexibility index (Phi) is 3.39. The monoisotopic (exact) mass is 285 g/mol. The molecule has 0 fully saturated rings. The third-order valence-corrected chi connectivity index (χ3v) is 3.50. The van der Waals surface area contributed by atoms with Gasteiger partial charge in [0.2, 0.25) is 0 Å². The van der Waals surface area contributed by atoms with Crippen LogP contribution >= 0.6 is 0 Å². The van der Waals surface area contributed by atoms with E-state index >= 15 is 0 Å². The minimum Gasteiger partial charge on any atom is -0.382 e. The summed E-state index contributed by atoms with van der Waals surface area (Å²) in [4.78, 5) is 4.31. The van der Waals surface area contributed by atoms with Crippen molar-refractivity contribution < 1.29 is 13.9 Å². The summed E-state index contributed by atoms with van der Waals surface area (Å²) in [6.45, 7) is 1.87. The number of para-hydroxylation sites is 1. The van der Waals surface area contributed by atoms with Crippen LogP contribution in [-0.4, -0.2) is 10.1 Å². The third-order valence-electron chi connectivity index (χ3n) is 3.50. The minimum absolute atomic E-state index is 0.232. The number of nitrogens with zero attached hydrogens (tertiary/aromatic N) is 1. The van der Waals surface area contributed by atoms with Crippen molar-refractivity contribution in [2.24, 2.45) is 0 Å². The molecule has 0 aliphatic heterocycles. The van der Waals surface area contributed by atoms with E-state index in [1.54, 1.807) is 12.1 Å². The molecule has 21 heavy (non-hydrogen) atoms. The van der Waals surface area contributed by atoms with Gasteiger partial charge in [-0.15, -0.1) is 0 Å². The summed E-state index contributed by atoms with van der Waals surface area (Å²) in [7, 11) is 0. The van der Waals surface area contributed by atoms with Crippen LogP contribution in [0.5, 0.6) is 0 Å². The van der Waals surface area contributed by atoms with Gasteiger partial charge in [-0.2, -0.15) is 0 Å². The molecule has 0 saturated carbocycles. The molecular weight excluding hydrogens is 272 g/mol. The van der Waals surface area contributed by atoms with Crippen LogP contribution in [0, 0.1) is 18.6 Å². The fourth-order valence-corrected chi connectivity index (χ4v) is 2.44. The van der Waals surface area contributed by atoms with E-state index in [0.717, 1.165) is 23.1 Å². The van der Waals surface area contributed by atoms with Crippen molar-refractivity contribution in [3.63, 3.8) is 0 Å². The molecule has 106 valence electrons. The van der Waals surface area contributed by atoms with Gasteiger partial charge < -0.3 is 5.11 Å². The zero-order valence-electron chi connectivity index (χ0n) is 11.3. The summed E-state index contributed by atoms with van der Waals surface area (Å²) in [5.74, 6) is -1.56. The van der Waals surface area contributed by atoms with Crippen LogP contribution in [0.25, 0.3) is 10.9 Å². The van der Waals surface area contributed by atoms with Crippen LogP contribution in [-0.2, 0) is 0 Å². The lowest BCUT2D eigenvalue weighted by Gasteiger charge is -2.14. The molecule has 1 heterocycles. The Morgan fingerprint density at radius 2 is 1.67 bits per heavy atom. The molecular formula is C17H13F2NO. The molecule has 3 aromatic rings. The van der Waals surface area contributed by atoms with Crippen molar-refractivity contribution in [3.05, 3.63) is 77.0 Å². The number of aryl methyl sites for hydroxylation is 1. The van der Waals surface area contributed by atoms with Crippen LogP contribution in [0.15, 0.2) is 48.5 Å². The first-order valence-electron chi connectivity index (χ1n) is 6.56. The van der Waals surface area contributed by atoms with Gasteiger partial charge in [-0.3, -0.25) is 0 Å². The lowest BCUT2D eigenvalue weighted by Crippen LogP contribution is -2.08. The first kappa shape index (κ1) is 13.6. The molecule has 1 atom stereocenters. The van der Waals surface area contributed by atoms with Crippen molar-refractivity contribution in [1.82, 2.24) is 4.98 Å². The Bertz CT molecular complexity index is 797. The van der Waals surface area contributed by atoms with Crippen LogP contribution < -0.4 is 0 Å². The van der Waals surface area contributed by atoms with Gasteiger partial charge in [0.05, 0.1) is 16.8 Å². The lowest BCUT2D eigenvalue weighted by atomic mass is 10.0. The number of aliphatic hydroxyl groups is 1. The highest BCUT2D eigenvalue weighted by molar-refractivity contribution is 5.82. The minimum atomic E-state index is -1.44. The second kappa shape index (κ2) is 5.22. The van der Waals surface area contributed by atoms with Gasteiger partial charge in [0.1, 0.15) is 17.7 Å². The number of fused-ring (bicyclic) bond motifs is 1. The highest BCUT2D eigenvalue weighted by atomic mass is 19.1. The second-order valence-electron chi connectivity index (χ2n) is 4.92. The Hall–Kier alpha value is -2.33. The Balaban J connectivity index is 2.16. The molecule has 3 rings (SSSR count). The maximum absolute atomic E-state index is 13.8. The third kappa shape index (κ3) is 2.38. The fourth-order valence-electron chi connectivity index (χ4n) is 2.44. The van der Waals surface area contributed by atoms with Crippen LogP contribution in [0.1, 0.15) is 22.9 Å². The maximum atomic E-state index is 13.8. The molecule has 0 bridgehead atoms. The van der Waals surface area contributed by atoms with E-state index in [-0.39, 0.29) is 11.3 Å². The number of hydrogen-bond acceptors (Lipinski definition) is 2. The first-order chi connectivity index (χ1) is 10.1. The summed E-state index contributed by atoms with van der Waals surface area (Å²) >= 11 is 0. The van der Waals surface area contributed by atoms with Gasteiger partial charge in [-0.05, 0) is 36.8 Å². The molecule has 1 unspecified atom stereocenters. The molecule has 0 amide bonds. The Morgan fingerprint density at radius 1 is 1.00 bits per heavy atom. The zero-order chi connectivity index (χ0) is 15.0. The van der Waals surface area contributed by atoms with Crippen LogP contribution in [0.2, 0.25) is 0 Å². The van der Waals surface area contributed by atoms with Gasteiger partial charge >= 0.3 is 0 Å². The summed E-state index contributed by atoms with van der Waals surface area (Å²) in [5, 5.41) is 11.2. The molecule has 2 aromatic carbocycles. The van der Waals surface area contributed by atoms with Crippen LogP contribution in [0.4, 0.5) is 8.78 Å². The Morgan fingerprint density at radius 3 is 2.38 bits per heavy atom. The molecule has 0 aliphatic rings. The van der Waals surface area contributed by atoms with Gasteiger partial charge in [-0.25, -0.2) is 13.8 Å². The SMILES string of the molecule is Cc1cc(C(O)c2c(F)cccc2F)nc2ccccc12. The number of aromatic nitrogens is 1. The standard InChI is InChI=1S/C17H13F2NO/c1-10-9-15(20-14-8-3-2-5-11(10)14)17(21)16-12(18)6-4-7-13(16)19/h2-9,17,21H,1H3. The number of hydrogen-bond donors (Lipinski definition) is 1. The van der Waals surface area contributed by atoms with Crippen molar-refractivity contribution in [2.75, 3.05) is 0 Å². The maximum Gasteiger partial charge on any atom is 0.132 e. The molecule has 0 radical (unpaired) electrons. The van der Waals surface area contributed by atoms with E-state index in [9.17, 15) is 13.9 Å². The van der Waals surface area contributed by atoms with E-state index in [4.69, 9.17) is 0 Å². The summed E-state index contributed by atoms with van der Waals surface area (Å²) in [5.41, 5.74) is 1.43. The average molecular weight is 285 g/mol. The van der Waals surface area contributed by atoms with Crippen molar-refractivity contribution in [1.29, 1.82) is 0 Å². The summed E-state index contributed by atoms with van der Waals surface area (Å²) in [6.07, 6.45) is -1.44. The number of aliphatic hydroxyl groups excluding tert-OH is 1. The largest absolute Gasteiger partial charge is 0.382 e. The highest BCUT2D eigenvalue weighted by Crippen LogP contribution is 2.28. The smallest absolute Gasteiger partial charge is 0.132 e. The van der Waals surface area contributed by atoms with Gasteiger partial charge in [-0.1, -0.05) is 24.3 Å². The van der Waals surface area contributed by atoms with Crippen molar-refractivity contribution in [3.8, 4) is 0 Å². The predicted octanol–water partition coefficient (Wildman–Crippen LogP) is 3.90. The van der Waals surface area contributed by atoms with Crippen molar-refractivity contribution in [2.45, 2.75) is 13.0 Å². The molecule has 1 N–H and O–H groups in total.